The first-order chi connectivity index (χ1) is 7.60. The Kier molecular flexibility index (Phi) is 2.56. The minimum atomic E-state index is 0.0113. The molecular formula is C14H26N2. The van der Waals surface area contributed by atoms with Crippen LogP contribution >= 0.6 is 0 Å². The number of hydrogen-bond donors (Lipinski definition) is 2. The lowest BCUT2D eigenvalue weighted by Crippen LogP contribution is -2.61. The fraction of sp³-hybridized carbons (Fsp3) is 1.00. The van der Waals surface area contributed by atoms with Crippen molar-refractivity contribution in [3.05, 3.63) is 0 Å². The molecule has 0 spiro atoms. The molecule has 4 saturated carbocycles. The van der Waals surface area contributed by atoms with Crippen molar-refractivity contribution in [1.82, 2.24) is 5.32 Å². The lowest BCUT2D eigenvalue weighted by Gasteiger charge is -2.58. The van der Waals surface area contributed by atoms with Gasteiger partial charge in [0.2, 0.25) is 0 Å². The Morgan fingerprint density at radius 1 is 1.06 bits per heavy atom. The maximum Gasteiger partial charge on any atom is 0.0286 e. The smallest absolute Gasteiger partial charge is 0.0286 e. The van der Waals surface area contributed by atoms with Crippen molar-refractivity contribution in [3.63, 3.8) is 0 Å². The van der Waals surface area contributed by atoms with Crippen molar-refractivity contribution in [3.8, 4) is 0 Å². The molecule has 4 bridgehead atoms. The summed E-state index contributed by atoms with van der Waals surface area (Å²) < 4.78 is 0. The third-order valence-corrected chi connectivity index (χ3v) is 5.55. The molecule has 0 radical (unpaired) electrons. The van der Waals surface area contributed by atoms with E-state index in [-0.39, 0.29) is 5.54 Å². The second-order valence-electron chi connectivity index (χ2n) is 6.99. The summed E-state index contributed by atoms with van der Waals surface area (Å²) in [7, 11) is 2.03. The summed E-state index contributed by atoms with van der Waals surface area (Å²) >= 11 is 0. The van der Waals surface area contributed by atoms with Crippen LogP contribution in [0.2, 0.25) is 0 Å². The molecule has 4 fully saturated rings. The van der Waals surface area contributed by atoms with E-state index in [1.54, 1.807) is 0 Å². The third-order valence-electron chi connectivity index (χ3n) is 5.55. The second kappa shape index (κ2) is 3.71. The van der Waals surface area contributed by atoms with Crippen LogP contribution in [0.4, 0.5) is 0 Å². The van der Waals surface area contributed by atoms with Crippen LogP contribution in [-0.2, 0) is 0 Å². The fourth-order valence-electron chi connectivity index (χ4n) is 5.50. The molecule has 2 heteroatoms. The Morgan fingerprint density at radius 2 is 1.56 bits per heavy atom. The normalized spacial score (nSPS) is 49.3. The molecule has 4 aliphatic carbocycles. The fourth-order valence-corrected chi connectivity index (χ4v) is 5.50. The number of likely N-dealkylation sites (N-methyl/N-ethyl adjacent to an activating group) is 1. The van der Waals surface area contributed by atoms with Gasteiger partial charge in [0.25, 0.3) is 0 Å². The number of rotatable bonds is 3. The average molecular weight is 222 g/mol. The van der Waals surface area contributed by atoms with E-state index >= 15 is 0 Å². The maximum absolute atomic E-state index is 6.59. The van der Waals surface area contributed by atoms with Crippen molar-refractivity contribution in [1.29, 1.82) is 0 Å². The van der Waals surface area contributed by atoms with E-state index in [2.05, 4.69) is 12.2 Å². The molecule has 1 unspecified atom stereocenters. The van der Waals surface area contributed by atoms with Gasteiger partial charge in [-0.25, -0.2) is 0 Å². The Morgan fingerprint density at radius 3 is 2.00 bits per heavy atom. The quantitative estimate of drug-likeness (QED) is 0.766. The summed E-state index contributed by atoms with van der Waals surface area (Å²) in [5.74, 6) is 4.79. The summed E-state index contributed by atoms with van der Waals surface area (Å²) in [6.45, 7) is 3.25. The van der Waals surface area contributed by atoms with Crippen LogP contribution in [0.3, 0.4) is 0 Å². The van der Waals surface area contributed by atoms with Gasteiger partial charge in [-0.05, 0) is 75.7 Å². The number of nitrogens with one attached hydrogen (secondary N) is 1. The first-order valence-electron chi connectivity index (χ1n) is 7.03. The van der Waals surface area contributed by atoms with Gasteiger partial charge in [-0.1, -0.05) is 0 Å². The molecule has 0 aromatic carbocycles. The van der Waals surface area contributed by atoms with Gasteiger partial charge in [-0.15, -0.1) is 0 Å². The summed E-state index contributed by atoms with van der Waals surface area (Å²) in [5, 5.41) is 3.29. The van der Waals surface area contributed by atoms with E-state index in [9.17, 15) is 0 Å². The van der Waals surface area contributed by atoms with Crippen molar-refractivity contribution in [2.24, 2.45) is 35.3 Å². The highest BCUT2D eigenvalue weighted by molar-refractivity contribution is 5.05. The summed E-state index contributed by atoms with van der Waals surface area (Å²) in [6, 6.07) is 0. The molecule has 16 heavy (non-hydrogen) atoms. The molecule has 2 nitrogen and oxygen atoms in total. The minimum Gasteiger partial charge on any atom is -0.324 e. The predicted octanol–water partition coefficient (Wildman–Crippen LogP) is 2.00. The van der Waals surface area contributed by atoms with Gasteiger partial charge >= 0.3 is 0 Å². The summed E-state index contributed by atoms with van der Waals surface area (Å²) in [6.07, 6.45) is 7.46. The third kappa shape index (κ3) is 1.62. The van der Waals surface area contributed by atoms with Crippen LogP contribution in [0.1, 0.15) is 39.0 Å². The molecule has 0 saturated heterocycles. The molecule has 92 valence electrons. The topological polar surface area (TPSA) is 38.0 Å². The van der Waals surface area contributed by atoms with Crippen molar-refractivity contribution >= 4 is 0 Å². The van der Waals surface area contributed by atoms with Crippen molar-refractivity contribution < 1.29 is 0 Å². The predicted molar refractivity (Wildman–Crippen MR) is 67.1 cm³/mol. The standard InChI is InChI=1S/C14H26N2/c1-14(15,8-16-2)13-11-4-9-3-10(6-11)7-12(13)5-9/h9-13,16H,3-8,15H2,1-2H3. The largest absolute Gasteiger partial charge is 0.324 e. The molecule has 4 aliphatic rings. The van der Waals surface area contributed by atoms with E-state index in [4.69, 9.17) is 5.73 Å². The van der Waals surface area contributed by atoms with Gasteiger partial charge < -0.3 is 11.1 Å². The van der Waals surface area contributed by atoms with Crippen LogP contribution in [0, 0.1) is 29.6 Å². The van der Waals surface area contributed by atoms with Crippen LogP contribution < -0.4 is 11.1 Å². The molecular weight excluding hydrogens is 196 g/mol. The Balaban J connectivity index is 1.81. The second-order valence-corrected chi connectivity index (χ2v) is 6.99. The molecule has 4 rings (SSSR count). The SMILES string of the molecule is CNCC(C)(N)C1C2CC3CC(C2)CC1C3. The van der Waals surface area contributed by atoms with Gasteiger partial charge in [-0.3, -0.25) is 0 Å². The molecule has 0 amide bonds. The molecule has 0 heterocycles. The van der Waals surface area contributed by atoms with Crippen LogP contribution in [-0.4, -0.2) is 19.1 Å². The van der Waals surface area contributed by atoms with E-state index in [0.717, 1.165) is 36.1 Å². The van der Waals surface area contributed by atoms with E-state index < -0.39 is 0 Å². The van der Waals surface area contributed by atoms with Crippen LogP contribution in [0.25, 0.3) is 0 Å². The van der Waals surface area contributed by atoms with Gasteiger partial charge in [0.15, 0.2) is 0 Å². The van der Waals surface area contributed by atoms with Gasteiger partial charge in [0.1, 0.15) is 0 Å². The maximum atomic E-state index is 6.59. The molecule has 0 aliphatic heterocycles. The Hall–Kier alpha value is -0.0800. The zero-order valence-electron chi connectivity index (χ0n) is 10.7. The molecule has 0 aromatic heterocycles. The lowest BCUT2D eigenvalue weighted by molar-refractivity contribution is -0.0653. The van der Waals surface area contributed by atoms with Crippen molar-refractivity contribution in [2.45, 2.75) is 44.6 Å². The molecule has 3 N–H and O–H groups in total. The first-order valence-corrected chi connectivity index (χ1v) is 7.03. The van der Waals surface area contributed by atoms with E-state index in [1.165, 1.54) is 32.1 Å². The van der Waals surface area contributed by atoms with Crippen LogP contribution in [0.15, 0.2) is 0 Å². The van der Waals surface area contributed by atoms with E-state index in [1.807, 2.05) is 7.05 Å². The number of hydrogen-bond acceptors (Lipinski definition) is 2. The monoisotopic (exact) mass is 222 g/mol. The summed E-state index contributed by atoms with van der Waals surface area (Å²) in [5.41, 5.74) is 6.60. The molecule has 1 atom stereocenters. The van der Waals surface area contributed by atoms with E-state index in [0.29, 0.717) is 0 Å². The van der Waals surface area contributed by atoms with Gasteiger partial charge in [0.05, 0.1) is 0 Å². The average Bonchev–Trinajstić information content (AvgIpc) is 2.14. The Labute approximate surface area is 99.4 Å². The highest BCUT2D eigenvalue weighted by atomic mass is 14.9. The van der Waals surface area contributed by atoms with Crippen molar-refractivity contribution in [2.75, 3.05) is 13.6 Å². The summed E-state index contributed by atoms with van der Waals surface area (Å²) in [4.78, 5) is 0. The zero-order valence-corrected chi connectivity index (χ0v) is 10.7. The lowest BCUT2D eigenvalue weighted by atomic mass is 9.48. The van der Waals surface area contributed by atoms with Crippen LogP contribution in [0.5, 0.6) is 0 Å². The Bertz CT molecular complexity index is 244. The zero-order chi connectivity index (χ0) is 11.3. The minimum absolute atomic E-state index is 0.0113. The van der Waals surface area contributed by atoms with Gasteiger partial charge in [0, 0.05) is 12.1 Å². The highest BCUT2D eigenvalue weighted by Gasteiger charge is 2.52. The van der Waals surface area contributed by atoms with Gasteiger partial charge in [-0.2, -0.15) is 0 Å². The first kappa shape index (κ1) is 11.0. The highest BCUT2D eigenvalue weighted by Crippen LogP contribution is 2.58. The number of nitrogens with two attached hydrogens (primary N) is 1. The molecule has 0 aromatic rings.